The summed E-state index contributed by atoms with van der Waals surface area (Å²) in [6, 6.07) is -0.906. The third-order valence-corrected chi connectivity index (χ3v) is 13.0. The highest BCUT2D eigenvalue weighted by Crippen LogP contribution is 2.38. The highest BCUT2D eigenvalue weighted by Gasteiger charge is 2.23. The lowest BCUT2D eigenvalue weighted by atomic mass is 10.0. The van der Waals surface area contributed by atoms with Gasteiger partial charge in [-0.3, -0.25) is 9.36 Å². The first kappa shape index (κ1) is 61.7. The van der Waals surface area contributed by atoms with Gasteiger partial charge < -0.3 is 28.8 Å². The van der Waals surface area contributed by atoms with Crippen molar-refractivity contribution in [1.29, 1.82) is 0 Å². The third-order valence-electron chi connectivity index (χ3n) is 12.1. The van der Waals surface area contributed by atoms with E-state index in [9.17, 15) is 19.4 Å². The molecule has 0 fully saturated rings. The Kier molecular flexibility index (Phi) is 44.9. The average molecular weight is 909 g/mol. The van der Waals surface area contributed by atoms with Gasteiger partial charge in [-0.15, -0.1) is 0 Å². The van der Waals surface area contributed by atoms with Crippen molar-refractivity contribution in [3.8, 4) is 0 Å². The van der Waals surface area contributed by atoms with Gasteiger partial charge in [-0.2, -0.15) is 0 Å². The standard InChI is InChI=1S/C54H105N2O6P/c1-6-8-10-12-14-16-18-20-21-22-23-24-25-26-27-28-29-30-31-32-33-34-35-36-38-40-42-44-46-48-54(58)55-52(51-62-63(59,60)61-50-49-56(3,4)5)53(57)47-45-43-41-39-37-19-17-15-13-11-9-7-2/h13,15,37,39,45,47,52-53,57H,6-12,14,16-36,38,40-44,46,48-51H2,1-5H3,(H-,55,58,59,60)/b15-13+,39-37+,47-45+. The fourth-order valence-corrected chi connectivity index (χ4v) is 8.54. The van der Waals surface area contributed by atoms with Gasteiger partial charge >= 0.3 is 0 Å². The fraction of sp³-hybridized carbons (Fsp3) is 0.870. The van der Waals surface area contributed by atoms with E-state index in [-0.39, 0.29) is 12.5 Å². The van der Waals surface area contributed by atoms with Gasteiger partial charge in [-0.05, 0) is 38.5 Å². The summed E-state index contributed by atoms with van der Waals surface area (Å²) in [4.78, 5) is 25.4. The number of hydrogen-bond acceptors (Lipinski definition) is 6. The lowest BCUT2D eigenvalue weighted by Crippen LogP contribution is -2.45. The van der Waals surface area contributed by atoms with Crippen LogP contribution in [0.15, 0.2) is 36.5 Å². The Bertz CT molecular complexity index is 1120. The zero-order chi connectivity index (χ0) is 46.4. The topological polar surface area (TPSA) is 108 Å². The summed E-state index contributed by atoms with van der Waals surface area (Å²) in [7, 11) is 1.24. The van der Waals surface area contributed by atoms with Gasteiger partial charge in [-0.1, -0.05) is 243 Å². The number of phosphoric ester groups is 1. The Morgan fingerprint density at radius 1 is 0.540 bits per heavy atom. The fourth-order valence-electron chi connectivity index (χ4n) is 7.82. The van der Waals surface area contributed by atoms with Crippen LogP contribution in [0.1, 0.15) is 251 Å². The van der Waals surface area contributed by atoms with Crippen LogP contribution in [0.4, 0.5) is 0 Å². The maximum absolute atomic E-state index is 12.9. The van der Waals surface area contributed by atoms with Crippen LogP contribution in [0.3, 0.4) is 0 Å². The van der Waals surface area contributed by atoms with Crippen molar-refractivity contribution in [3.63, 3.8) is 0 Å². The van der Waals surface area contributed by atoms with Crippen molar-refractivity contribution in [2.24, 2.45) is 0 Å². The minimum absolute atomic E-state index is 0.00785. The third kappa shape index (κ3) is 48.5. The van der Waals surface area contributed by atoms with Crippen LogP contribution in [0.5, 0.6) is 0 Å². The van der Waals surface area contributed by atoms with Crippen LogP contribution in [0, 0.1) is 0 Å². The first-order chi connectivity index (χ1) is 30.5. The molecule has 0 aliphatic heterocycles. The van der Waals surface area contributed by atoms with Crippen LogP contribution in [0.25, 0.3) is 0 Å². The number of unbranched alkanes of at least 4 members (excludes halogenated alkanes) is 32. The normalized spacial score (nSPS) is 14.3. The van der Waals surface area contributed by atoms with E-state index in [1.54, 1.807) is 6.08 Å². The highest BCUT2D eigenvalue weighted by atomic mass is 31.2. The second-order valence-corrected chi connectivity index (χ2v) is 21.0. The number of amides is 1. The monoisotopic (exact) mass is 909 g/mol. The largest absolute Gasteiger partial charge is 0.756 e. The van der Waals surface area contributed by atoms with E-state index >= 15 is 0 Å². The molecule has 0 aromatic carbocycles. The number of nitrogens with one attached hydrogen (secondary N) is 1. The van der Waals surface area contributed by atoms with Crippen molar-refractivity contribution in [2.75, 3.05) is 40.9 Å². The Morgan fingerprint density at radius 2 is 0.889 bits per heavy atom. The number of quaternary nitrogens is 1. The van der Waals surface area contributed by atoms with E-state index in [0.717, 1.165) is 51.4 Å². The minimum Gasteiger partial charge on any atom is -0.756 e. The van der Waals surface area contributed by atoms with Crippen LogP contribution in [0.2, 0.25) is 0 Å². The van der Waals surface area contributed by atoms with Gasteiger partial charge in [-0.25, -0.2) is 0 Å². The molecule has 0 spiro atoms. The molecule has 8 nitrogen and oxygen atoms in total. The van der Waals surface area contributed by atoms with Crippen LogP contribution in [-0.2, 0) is 18.4 Å². The summed E-state index contributed by atoms with van der Waals surface area (Å²) >= 11 is 0. The first-order valence-corrected chi connectivity index (χ1v) is 28.3. The van der Waals surface area contributed by atoms with Gasteiger partial charge in [0.05, 0.1) is 39.9 Å². The quantitative estimate of drug-likeness (QED) is 0.0272. The maximum Gasteiger partial charge on any atom is 0.268 e. The molecule has 0 saturated heterocycles. The van der Waals surface area contributed by atoms with Gasteiger partial charge in [0.2, 0.25) is 5.91 Å². The number of phosphoric acid groups is 1. The number of carbonyl (C=O) groups excluding carboxylic acids is 1. The summed E-state index contributed by atoms with van der Waals surface area (Å²) in [6.07, 6.45) is 58.1. The van der Waals surface area contributed by atoms with E-state index < -0.39 is 26.6 Å². The van der Waals surface area contributed by atoms with Gasteiger partial charge in [0.15, 0.2) is 0 Å². The number of hydrogen-bond donors (Lipinski definition) is 2. The van der Waals surface area contributed by atoms with E-state index in [1.165, 1.54) is 180 Å². The number of rotatable bonds is 49. The summed E-state index contributed by atoms with van der Waals surface area (Å²) in [5.74, 6) is -0.209. The maximum atomic E-state index is 12.9. The van der Waals surface area contributed by atoms with Crippen molar-refractivity contribution in [3.05, 3.63) is 36.5 Å². The molecule has 1 amide bonds. The molecule has 63 heavy (non-hydrogen) atoms. The average Bonchev–Trinajstić information content (AvgIpc) is 3.24. The van der Waals surface area contributed by atoms with Gasteiger partial charge in [0.25, 0.3) is 7.82 Å². The number of likely N-dealkylation sites (N-methyl/N-ethyl adjacent to an activating group) is 1. The molecule has 9 heteroatoms. The van der Waals surface area contributed by atoms with E-state index in [1.807, 2.05) is 27.2 Å². The molecule has 3 atom stereocenters. The molecule has 372 valence electrons. The zero-order valence-corrected chi connectivity index (χ0v) is 43.2. The van der Waals surface area contributed by atoms with E-state index in [0.29, 0.717) is 17.4 Å². The lowest BCUT2D eigenvalue weighted by molar-refractivity contribution is -0.870. The van der Waals surface area contributed by atoms with Crippen molar-refractivity contribution >= 4 is 13.7 Å². The van der Waals surface area contributed by atoms with Crippen molar-refractivity contribution in [2.45, 2.75) is 264 Å². The summed E-state index contributed by atoms with van der Waals surface area (Å²) in [5, 5.41) is 13.8. The smallest absolute Gasteiger partial charge is 0.268 e. The number of nitrogens with zero attached hydrogens (tertiary/aromatic N) is 1. The SMILES string of the molecule is CCCC/C=C/CC/C=C/CC/C=C/C(O)C(COP(=O)([O-])OCC[N+](C)(C)C)NC(=O)CCCCCCCCCCCCCCCCCCCCCCCCCCCCCCC. The molecule has 0 aromatic heterocycles. The zero-order valence-electron chi connectivity index (χ0n) is 42.3. The van der Waals surface area contributed by atoms with Crippen molar-refractivity contribution in [1.82, 2.24) is 5.32 Å². The Labute approximate surface area is 391 Å². The molecule has 0 saturated carbocycles. The molecular formula is C54H105N2O6P. The molecule has 0 radical (unpaired) electrons. The first-order valence-electron chi connectivity index (χ1n) is 26.9. The van der Waals surface area contributed by atoms with Crippen LogP contribution >= 0.6 is 7.82 Å². The molecule has 0 aliphatic rings. The predicted octanol–water partition coefficient (Wildman–Crippen LogP) is 15.2. The molecule has 2 N–H and O–H groups in total. The number of aliphatic hydroxyl groups excluding tert-OH is 1. The van der Waals surface area contributed by atoms with E-state index in [2.05, 4.69) is 43.5 Å². The molecular weight excluding hydrogens is 804 g/mol. The van der Waals surface area contributed by atoms with Crippen LogP contribution in [-0.4, -0.2) is 68.5 Å². The molecule has 0 aromatic rings. The molecule has 0 bridgehead atoms. The second kappa shape index (κ2) is 45.9. The second-order valence-electron chi connectivity index (χ2n) is 19.6. The molecule has 0 rings (SSSR count). The number of aliphatic hydroxyl groups is 1. The molecule has 3 unspecified atom stereocenters. The predicted molar refractivity (Wildman–Crippen MR) is 270 cm³/mol. The number of allylic oxidation sites excluding steroid dienone is 5. The highest BCUT2D eigenvalue weighted by molar-refractivity contribution is 7.45. The summed E-state index contributed by atoms with van der Waals surface area (Å²) < 4.78 is 23.2. The Balaban J connectivity index is 4.07. The van der Waals surface area contributed by atoms with Crippen LogP contribution < -0.4 is 10.2 Å². The summed E-state index contributed by atoms with van der Waals surface area (Å²) in [5.41, 5.74) is 0. The van der Waals surface area contributed by atoms with Crippen molar-refractivity contribution < 1.29 is 32.9 Å². The molecule has 0 heterocycles. The van der Waals surface area contributed by atoms with Gasteiger partial charge in [0.1, 0.15) is 13.2 Å². The van der Waals surface area contributed by atoms with Gasteiger partial charge in [0, 0.05) is 6.42 Å². The minimum atomic E-state index is -4.60. The van der Waals surface area contributed by atoms with E-state index in [4.69, 9.17) is 9.05 Å². The summed E-state index contributed by atoms with van der Waals surface area (Å²) in [6.45, 7) is 4.59. The Morgan fingerprint density at radius 3 is 1.27 bits per heavy atom. The Hall–Kier alpha value is -1.28. The molecule has 0 aliphatic carbocycles. The lowest BCUT2D eigenvalue weighted by Gasteiger charge is -2.29. The number of carbonyl (C=O) groups is 1.